The van der Waals surface area contributed by atoms with E-state index in [1.165, 1.54) is 26.4 Å². The van der Waals surface area contributed by atoms with Gasteiger partial charge in [0, 0.05) is 31.2 Å². The molecule has 0 radical (unpaired) electrons. The molecule has 0 aliphatic carbocycles. The Hall–Kier alpha value is -7.73. The number of carbonyl (C=O) groups excluding carboxylic acids is 8. The molecule has 73 heavy (non-hydrogen) atoms. The first-order chi connectivity index (χ1) is 34.5. The molecule has 14 N–H and O–H groups in total. The average Bonchev–Trinajstić information content (AvgIpc) is 3.85. The maximum absolute atomic E-state index is 14.1. The van der Waals surface area contributed by atoms with Gasteiger partial charge in [0.25, 0.3) is 0 Å². The van der Waals surface area contributed by atoms with Gasteiger partial charge in [0.2, 0.25) is 47.3 Å². The van der Waals surface area contributed by atoms with Gasteiger partial charge in [-0.15, -0.1) is 0 Å². The summed E-state index contributed by atoms with van der Waals surface area (Å²) in [7, 11) is 0. The highest BCUT2D eigenvalue weighted by Gasteiger charge is 2.35. The van der Waals surface area contributed by atoms with Crippen LogP contribution >= 0.6 is 0 Å². The zero-order valence-corrected chi connectivity index (χ0v) is 41.7. The van der Waals surface area contributed by atoms with Crippen LogP contribution in [0.2, 0.25) is 0 Å². The number of aliphatic carboxylic acids is 2. The normalized spacial score (nSPS) is 14.8. The van der Waals surface area contributed by atoms with Crippen LogP contribution in [0.1, 0.15) is 77.6 Å². The highest BCUT2D eigenvalue weighted by atomic mass is 16.4. The third kappa shape index (κ3) is 20.9. The van der Waals surface area contributed by atoms with Crippen LogP contribution in [-0.2, 0) is 67.2 Å². The van der Waals surface area contributed by atoms with Gasteiger partial charge in [-0.3, -0.25) is 47.9 Å². The van der Waals surface area contributed by atoms with Gasteiger partial charge in [0.1, 0.15) is 48.3 Å². The van der Waals surface area contributed by atoms with E-state index in [9.17, 15) is 58.2 Å². The van der Waals surface area contributed by atoms with Crippen molar-refractivity contribution in [3.05, 3.63) is 90.0 Å². The van der Waals surface area contributed by atoms with Gasteiger partial charge in [-0.2, -0.15) is 0 Å². The number of aromatic nitrogens is 2. The number of hydrogen-bond acceptors (Lipinski definition) is 13. The molecule has 2 aromatic carbocycles. The number of aromatic amines is 1. The second-order valence-electron chi connectivity index (χ2n) is 18.5. The first-order valence-electron chi connectivity index (χ1n) is 23.8. The lowest BCUT2D eigenvalue weighted by Gasteiger charge is -2.28. The third-order valence-corrected chi connectivity index (χ3v) is 11.2. The molecular formula is C49H69N11O13. The lowest BCUT2D eigenvalue weighted by Crippen LogP contribution is -2.61. The van der Waals surface area contributed by atoms with Crippen molar-refractivity contribution in [3.8, 4) is 0 Å². The third-order valence-electron chi connectivity index (χ3n) is 11.2. The predicted octanol–water partition coefficient (Wildman–Crippen LogP) is -1.67. The Balaban J connectivity index is 1.81. The van der Waals surface area contributed by atoms with E-state index in [-0.39, 0.29) is 43.9 Å². The number of aliphatic hydroxyl groups excluding tert-OH is 1. The Morgan fingerprint density at radius 2 is 0.890 bits per heavy atom. The number of carboxylic acids is 2. The number of carbonyl (C=O) groups is 10. The summed E-state index contributed by atoms with van der Waals surface area (Å²) in [4.78, 5) is 139. The fraction of sp³-hybridized carbons (Fsp3) is 0.490. The number of nitrogens with zero attached hydrogens (tertiary/aromatic N) is 1. The van der Waals surface area contributed by atoms with E-state index in [2.05, 4.69) is 52.5 Å². The molecule has 1 aromatic heterocycles. The number of carboxylic acid groups (broad SMARTS) is 2. The van der Waals surface area contributed by atoms with E-state index < -0.39 is 127 Å². The first kappa shape index (κ1) is 59.6. The molecule has 24 heteroatoms. The maximum Gasteiger partial charge on any atom is 0.325 e. The Morgan fingerprint density at radius 1 is 0.507 bits per heavy atom. The van der Waals surface area contributed by atoms with E-state index in [4.69, 9.17) is 10.8 Å². The molecule has 0 bridgehead atoms. The van der Waals surface area contributed by atoms with Gasteiger partial charge in [0.05, 0.1) is 25.4 Å². The monoisotopic (exact) mass is 1020 g/mol. The largest absolute Gasteiger partial charge is 0.481 e. The van der Waals surface area contributed by atoms with Crippen LogP contribution in [0, 0.1) is 11.8 Å². The van der Waals surface area contributed by atoms with Gasteiger partial charge in [-0.25, -0.2) is 4.98 Å². The number of rotatable bonds is 30. The molecule has 3 aromatic rings. The Bertz CT molecular complexity index is 2340. The summed E-state index contributed by atoms with van der Waals surface area (Å²) in [6.07, 6.45) is 1.80. The minimum absolute atomic E-state index is 0.0307. The number of amides is 8. The summed E-state index contributed by atoms with van der Waals surface area (Å²) in [6.45, 7) is 8.68. The van der Waals surface area contributed by atoms with Crippen molar-refractivity contribution in [2.75, 3.05) is 6.61 Å². The lowest BCUT2D eigenvalue weighted by atomic mass is 9.99. The summed E-state index contributed by atoms with van der Waals surface area (Å²) in [5, 5.41) is 49.0. The number of nitrogens with one attached hydrogen (secondary N) is 9. The minimum atomic E-state index is -1.69. The first-order valence-corrected chi connectivity index (χ1v) is 23.8. The molecule has 1 heterocycles. The van der Waals surface area contributed by atoms with Crippen LogP contribution in [0.5, 0.6) is 0 Å². The van der Waals surface area contributed by atoms with Crippen molar-refractivity contribution in [1.82, 2.24) is 52.5 Å². The van der Waals surface area contributed by atoms with E-state index in [1.54, 1.807) is 88.4 Å². The highest BCUT2D eigenvalue weighted by Crippen LogP contribution is 2.12. The summed E-state index contributed by atoms with van der Waals surface area (Å²) >= 11 is 0. The summed E-state index contributed by atoms with van der Waals surface area (Å²) in [6, 6.07) is 4.84. The standard InChI is InChI=1S/C49H69N11O13/c1-26(2)17-34(56-42(65)33(50)22-40(62)63)45(68)57-35(18-27(3)4)46(69)60-39(24-61)48(71)59-38(21-32-23-51-25-52-32)44(67)53-28(5)41(64)55-37(20-31-15-11-8-12-16-31)47(70)58-36(19-30-13-9-7-10-14-30)43(66)54-29(6)49(72)73/h7-16,23,25-29,33-39,61H,17-22,24,50H2,1-6H3,(H,51,52)(H,53,67)(H,54,66)(H,55,64)(H,56,65)(H,57,68)(H,58,70)(H,59,71)(H,60,69)(H,62,63)(H,72,73)/t28-,29-,33-,34-,35-,36-,37-,38-,39-/m0/s1. The van der Waals surface area contributed by atoms with Crippen molar-refractivity contribution >= 4 is 59.2 Å². The second kappa shape index (κ2) is 29.6. The summed E-state index contributed by atoms with van der Waals surface area (Å²) in [5.74, 6) is -9.95. The molecule has 0 aliphatic rings. The lowest BCUT2D eigenvalue weighted by molar-refractivity contribution is -0.142. The van der Waals surface area contributed by atoms with E-state index >= 15 is 0 Å². The fourth-order valence-corrected chi connectivity index (χ4v) is 7.24. The van der Waals surface area contributed by atoms with E-state index in [0.717, 1.165) is 0 Å². The molecule has 0 unspecified atom stereocenters. The fourth-order valence-electron chi connectivity index (χ4n) is 7.24. The number of aliphatic hydroxyl groups is 1. The van der Waals surface area contributed by atoms with Gasteiger partial charge >= 0.3 is 11.9 Å². The van der Waals surface area contributed by atoms with Crippen molar-refractivity contribution in [2.24, 2.45) is 17.6 Å². The van der Waals surface area contributed by atoms with Gasteiger partial charge in [-0.05, 0) is 49.7 Å². The van der Waals surface area contributed by atoms with Crippen LogP contribution in [0.25, 0.3) is 0 Å². The summed E-state index contributed by atoms with van der Waals surface area (Å²) in [5.41, 5.74) is 7.34. The van der Waals surface area contributed by atoms with E-state index in [1.807, 2.05) is 0 Å². The Morgan fingerprint density at radius 3 is 1.32 bits per heavy atom. The minimum Gasteiger partial charge on any atom is -0.481 e. The smallest absolute Gasteiger partial charge is 0.325 e. The van der Waals surface area contributed by atoms with Crippen molar-refractivity contribution in [2.45, 2.75) is 134 Å². The number of H-pyrrole nitrogens is 1. The van der Waals surface area contributed by atoms with Crippen molar-refractivity contribution in [1.29, 1.82) is 0 Å². The quantitative estimate of drug-likeness (QED) is 0.0355. The molecule has 398 valence electrons. The number of benzene rings is 2. The topological polar surface area (TPSA) is 382 Å². The molecule has 24 nitrogen and oxygen atoms in total. The molecule has 0 spiro atoms. The van der Waals surface area contributed by atoms with Gasteiger partial charge in [0.15, 0.2) is 0 Å². The van der Waals surface area contributed by atoms with Crippen LogP contribution in [0.4, 0.5) is 0 Å². The highest BCUT2D eigenvalue weighted by molar-refractivity contribution is 5.98. The summed E-state index contributed by atoms with van der Waals surface area (Å²) < 4.78 is 0. The van der Waals surface area contributed by atoms with Crippen LogP contribution < -0.4 is 48.3 Å². The molecular weight excluding hydrogens is 951 g/mol. The number of nitrogens with two attached hydrogens (primary N) is 1. The number of hydrogen-bond donors (Lipinski definition) is 13. The van der Waals surface area contributed by atoms with Gasteiger partial charge in [-0.1, -0.05) is 88.4 Å². The Labute approximate surface area is 422 Å². The van der Waals surface area contributed by atoms with Crippen LogP contribution in [-0.4, -0.2) is 145 Å². The zero-order chi connectivity index (χ0) is 54.4. The number of imidazole rings is 1. The zero-order valence-electron chi connectivity index (χ0n) is 41.7. The van der Waals surface area contributed by atoms with Crippen LogP contribution in [0.15, 0.2) is 73.2 Å². The average molecular weight is 1020 g/mol. The maximum atomic E-state index is 14.1. The molecule has 0 fully saturated rings. The Kier molecular flexibility index (Phi) is 24.1. The molecule has 0 saturated heterocycles. The van der Waals surface area contributed by atoms with E-state index in [0.29, 0.717) is 16.8 Å². The molecule has 0 saturated carbocycles. The van der Waals surface area contributed by atoms with Gasteiger partial charge < -0.3 is 68.6 Å². The molecule has 3 rings (SSSR count). The predicted molar refractivity (Wildman–Crippen MR) is 263 cm³/mol. The molecule has 0 aliphatic heterocycles. The molecule has 9 atom stereocenters. The molecule has 8 amide bonds. The van der Waals surface area contributed by atoms with Crippen LogP contribution in [0.3, 0.4) is 0 Å². The van der Waals surface area contributed by atoms with Crippen molar-refractivity contribution < 1.29 is 63.3 Å². The SMILES string of the molecule is CC(C)C[C@H](NC(=O)[C@H](CC(C)C)NC(=O)[C@@H](N)CC(=O)O)C(=O)N[C@@H](CO)C(=O)N[C@@H](Cc1cnc[nH]1)C(=O)N[C@@H](C)C(=O)N[C@@H](Cc1ccccc1)C(=O)N[C@@H](Cc1ccccc1)C(=O)N[C@@H](C)C(=O)O. The van der Waals surface area contributed by atoms with Crippen molar-refractivity contribution in [3.63, 3.8) is 0 Å². The second-order valence-corrected chi connectivity index (χ2v) is 18.5.